The summed E-state index contributed by atoms with van der Waals surface area (Å²) < 4.78 is 0. The summed E-state index contributed by atoms with van der Waals surface area (Å²) in [7, 11) is 0. The molecular formula is C18H26N2O. The number of hydrogen-bond donors (Lipinski definition) is 1. The molecule has 1 saturated carbocycles. The molecule has 1 aromatic carbocycles. The lowest BCUT2D eigenvalue weighted by atomic mass is 9.88. The molecule has 1 N–H and O–H groups in total. The number of carbonyl (C=O) groups is 1. The van der Waals surface area contributed by atoms with Gasteiger partial charge in [0.05, 0.1) is 0 Å². The Kier molecular flexibility index (Phi) is 4.91. The standard InChI is InChI=1S/C18H26N2O/c21-18(16-9-5-2-6-10-16)20-13-11-17(19-12-14-20)15-7-3-1-4-8-15/h1,3-4,7-8,16-17,19H,2,5-6,9-14H2. The van der Waals surface area contributed by atoms with E-state index >= 15 is 0 Å². The van der Waals surface area contributed by atoms with Crippen molar-refractivity contribution in [3.05, 3.63) is 35.9 Å². The third-order valence-corrected chi connectivity index (χ3v) is 4.93. The van der Waals surface area contributed by atoms with Gasteiger partial charge < -0.3 is 10.2 Å². The van der Waals surface area contributed by atoms with Crippen LogP contribution in [0, 0.1) is 5.92 Å². The summed E-state index contributed by atoms with van der Waals surface area (Å²) >= 11 is 0. The van der Waals surface area contributed by atoms with Crippen molar-refractivity contribution in [3.63, 3.8) is 0 Å². The molecule has 0 spiro atoms. The van der Waals surface area contributed by atoms with Crippen molar-refractivity contribution in [2.24, 2.45) is 5.92 Å². The smallest absolute Gasteiger partial charge is 0.225 e. The Bertz CT molecular complexity index is 454. The summed E-state index contributed by atoms with van der Waals surface area (Å²) in [6, 6.07) is 11.0. The Morgan fingerprint density at radius 3 is 2.52 bits per heavy atom. The number of amides is 1. The summed E-state index contributed by atoms with van der Waals surface area (Å²) in [6.07, 6.45) is 6.99. The first-order valence-electron chi connectivity index (χ1n) is 8.42. The highest BCUT2D eigenvalue weighted by Gasteiger charge is 2.27. The summed E-state index contributed by atoms with van der Waals surface area (Å²) in [6.45, 7) is 2.65. The number of hydrogen-bond acceptors (Lipinski definition) is 2. The average Bonchev–Trinajstić information content (AvgIpc) is 2.82. The van der Waals surface area contributed by atoms with E-state index in [0.717, 1.165) is 38.9 Å². The maximum absolute atomic E-state index is 12.6. The van der Waals surface area contributed by atoms with Crippen molar-refractivity contribution >= 4 is 5.91 Å². The molecule has 3 rings (SSSR count). The number of benzene rings is 1. The number of nitrogens with zero attached hydrogens (tertiary/aromatic N) is 1. The van der Waals surface area contributed by atoms with Gasteiger partial charge in [-0.05, 0) is 24.8 Å². The van der Waals surface area contributed by atoms with Gasteiger partial charge in [0.15, 0.2) is 0 Å². The molecule has 1 atom stereocenters. The largest absolute Gasteiger partial charge is 0.341 e. The molecule has 114 valence electrons. The predicted molar refractivity (Wildman–Crippen MR) is 85.0 cm³/mol. The van der Waals surface area contributed by atoms with Gasteiger partial charge in [-0.2, -0.15) is 0 Å². The molecule has 1 aliphatic carbocycles. The molecular weight excluding hydrogens is 260 g/mol. The molecule has 1 unspecified atom stereocenters. The second-order valence-electron chi connectivity index (χ2n) is 6.37. The lowest BCUT2D eigenvalue weighted by Gasteiger charge is -2.28. The summed E-state index contributed by atoms with van der Waals surface area (Å²) in [4.78, 5) is 14.8. The molecule has 21 heavy (non-hydrogen) atoms. The zero-order valence-corrected chi connectivity index (χ0v) is 12.8. The van der Waals surface area contributed by atoms with Gasteiger partial charge in [0, 0.05) is 31.6 Å². The van der Waals surface area contributed by atoms with Crippen LogP contribution in [0.3, 0.4) is 0 Å². The highest BCUT2D eigenvalue weighted by Crippen LogP contribution is 2.26. The average molecular weight is 286 g/mol. The molecule has 1 amide bonds. The van der Waals surface area contributed by atoms with Crippen molar-refractivity contribution in [2.45, 2.75) is 44.6 Å². The lowest BCUT2D eigenvalue weighted by Crippen LogP contribution is -2.39. The number of nitrogens with one attached hydrogen (secondary N) is 1. The fourth-order valence-electron chi connectivity index (χ4n) is 3.67. The van der Waals surface area contributed by atoms with E-state index in [1.165, 1.54) is 24.8 Å². The molecule has 0 aromatic heterocycles. The molecule has 1 aliphatic heterocycles. The van der Waals surface area contributed by atoms with Gasteiger partial charge in [0.2, 0.25) is 5.91 Å². The number of rotatable bonds is 2. The van der Waals surface area contributed by atoms with E-state index in [0.29, 0.717) is 17.9 Å². The fourth-order valence-corrected chi connectivity index (χ4v) is 3.67. The summed E-state index contributed by atoms with van der Waals surface area (Å²) in [5.74, 6) is 0.706. The van der Waals surface area contributed by atoms with Crippen LogP contribution in [0.5, 0.6) is 0 Å². The first-order valence-corrected chi connectivity index (χ1v) is 8.42. The quantitative estimate of drug-likeness (QED) is 0.906. The van der Waals surface area contributed by atoms with Crippen molar-refractivity contribution in [1.29, 1.82) is 0 Å². The topological polar surface area (TPSA) is 32.3 Å². The van der Waals surface area contributed by atoms with E-state index in [-0.39, 0.29) is 0 Å². The van der Waals surface area contributed by atoms with Crippen LogP contribution in [0.4, 0.5) is 0 Å². The predicted octanol–water partition coefficient (Wildman–Crippen LogP) is 3.13. The molecule has 2 fully saturated rings. The Morgan fingerprint density at radius 1 is 1.00 bits per heavy atom. The maximum Gasteiger partial charge on any atom is 0.225 e. The highest BCUT2D eigenvalue weighted by atomic mass is 16.2. The van der Waals surface area contributed by atoms with E-state index in [2.05, 4.69) is 40.5 Å². The van der Waals surface area contributed by atoms with Crippen LogP contribution < -0.4 is 5.32 Å². The third-order valence-electron chi connectivity index (χ3n) is 4.93. The van der Waals surface area contributed by atoms with E-state index < -0.39 is 0 Å². The molecule has 0 bridgehead atoms. The highest BCUT2D eigenvalue weighted by molar-refractivity contribution is 5.79. The Balaban J connectivity index is 1.59. The van der Waals surface area contributed by atoms with Crippen molar-refractivity contribution in [3.8, 4) is 0 Å². The van der Waals surface area contributed by atoms with Crippen LogP contribution in [0.2, 0.25) is 0 Å². The minimum Gasteiger partial charge on any atom is -0.341 e. The SMILES string of the molecule is O=C(C1CCCCC1)N1CCNC(c2ccccc2)CC1. The first kappa shape index (κ1) is 14.6. The van der Waals surface area contributed by atoms with Gasteiger partial charge in [0.25, 0.3) is 0 Å². The van der Waals surface area contributed by atoms with Crippen LogP contribution >= 0.6 is 0 Å². The minimum absolute atomic E-state index is 0.298. The van der Waals surface area contributed by atoms with Gasteiger partial charge in [0.1, 0.15) is 0 Å². The van der Waals surface area contributed by atoms with Gasteiger partial charge in [-0.1, -0.05) is 49.6 Å². The van der Waals surface area contributed by atoms with Gasteiger partial charge in [-0.15, -0.1) is 0 Å². The molecule has 3 heteroatoms. The zero-order chi connectivity index (χ0) is 14.5. The second kappa shape index (κ2) is 7.08. The molecule has 1 saturated heterocycles. The van der Waals surface area contributed by atoms with Crippen LogP contribution in [0.15, 0.2) is 30.3 Å². The van der Waals surface area contributed by atoms with E-state index in [4.69, 9.17) is 0 Å². The van der Waals surface area contributed by atoms with Crippen LogP contribution in [-0.2, 0) is 4.79 Å². The third kappa shape index (κ3) is 3.65. The van der Waals surface area contributed by atoms with Crippen molar-refractivity contribution in [2.75, 3.05) is 19.6 Å². The monoisotopic (exact) mass is 286 g/mol. The van der Waals surface area contributed by atoms with E-state index in [9.17, 15) is 4.79 Å². The Morgan fingerprint density at radius 2 is 1.76 bits per heavy atom. The normalized spacial score (nSPS) is 24.6. The van der Waals surface area contributed by atoms with Crippen LogP contribution in [0.25, 0.3) is 0 Å². The summed E-state index contributed by atoms with van der Waals surface area (Å²) in [5.41, 5.74) is 1.34. The maximum atomic E-state index is 12.6. The Labute approximate surface area is 127 Å². The second-order valence-corrected chi connectivity index (χ2v) is 6.37. The molecule has 3 nitrogen and oxygen atoms in total. The Hall–Kier alpha value is -1.35. The van der Waals surface area contributed by atoms with E-state index in [1.807, 2.05) is 0 Å². The van der Waals surface area contributed by atoms with Crippen molar-refractivity contribution < 1.29 is 4.79 Å². The number of carbonyl (C=O) groups excluding carboxylic acids is 1. The van der Waals surface area contributed by atoms with Gasteiger partial charge in [-0.3, -0.25) is 4.79 Å². The fraction of sp³-hybridized carbons (Fsp3) is 0.611. The van der Waals surface area contributed by atoms with Gasteiger partial charge >= 0.3 is 0 Å². The van der Waals surface area contributed by atoms with Gasteiger partial charge in [-0.25, -0.2) is 0 Å². The van der Waals surface area contributed by atoms with Crippen LogP contribution in [-0.4, -0.2) is 30.4 Å². The van der Waals surface area contributed by atoms with E-state index in [1.54, 1.807) is 0 Å². The molecule has 0 radical (unpaired) electrons. The molecule has 1 aromatic rings. The summed E-state index contributed by atoms with van der Waals surface area (Å²) in [5, 5.41) is 3.59. The molecule has 2 aliphatic rings. The lowest BCUT2D eigenvalue weighted by molar-refractivity contribution is -0.136. The molecule has 1 heterocycles. The minimum atomic E-state index is 0.298. The van der Waals surface area contributed by atoms with Crippen LogP contribution in [0.1, 0.15) is 50.1 Å². The van der Waals surface area contributed by atoms with Crippen molar-refractivity contribution in [1.82, 2.24) is 10.2 Å². The first-order chi connectivity index (χ1) is 10.3. The zero-order valence-electron chi connectivity index (χ0n) is 12.8.